The van der Waals surface area contributed by atoms with Gasteiger partial charge in [-0.05, 0) is 45.2 Å². The Labute approximate surface area is 150 Å². The fourth-order valence-electron chi connectivity index (χ4n) is 3.59. The van der Waals surface area contributed by atoms with Crippen LogP contribution < -0.4 is 0 Å². The number of aryl methyl sites for hydroxylation is 2. The van der Waals surface area contributed by atoms with Crippen molar-refractivity contribution in [2.45, 2.75) is 45.6 Å². The first-order valence-electron chi connectivity index (χ1n) is 8.70. The van der Waals surface area contributed by atoms with Crippen LogP contribution in [0.4, 0.5) is 0 Å². The molecular weight excluding hydrogens is 334 g/mol. The van der Waals surface area contributed by atoms with E-state index in [0.29, 0.717) is 12.8 Å². The second-order valence-electron chi connectivity index (χ2n) is 6.57. The van der Waals surface area contributed by atoms with Gasteiger partial charge in [0.25, 0.3) is 0 Å². The second kappa shape index (κ2) is 6.59. The third-order valence-corrected chi connectivity index (χ3v) is 6.08. The minimum Gasteiger partial charge on any atom is -0.361 e. The zero-order valence-electron chi connectivity index (χ0n) is 14.5. The Hall–Kier alpha value is -2.21. The average Bonchev–Trinajstić information content (AvgIpc) is 3.31. The van der Waals surface area contributed by atoms with Crippen LogP contribution >= 0.6 is 11.3 Å². The Morgan fingerprint density at radius 1 is 1.36 bits per heavy atom. The molecule has 1 amide bonds. The van der Waals surface area contributed by atoms with E-state index < -0.39 is 0 Å². The first-order valence-corrected chi connectivity index (χ1v) is 9.52. The van der Waals surface area contributed by atoms with Crippen LogP contribution in [0.2, 0.25) is 0 Å². The molecule has 3 aromatic rings. The summed E-state index contributed by atoms with van der Waals surface area (Å²) in [4.78, 5) is 19.6. The van der Waals surface area contributed by atoms with Gasteiger partial charge < -0.3 is 9.42 Å². The van der Waals surface area contributed by atoms with Crippen LogP contribution in [-0.4, -0.2) is 27.5 Å². The molecule has 1 atom stereocenters. The lowest BCUT2D eigenvalue weighted by atomic mass is 10.1. The summed E-state index contributed by atoms with van der Waals surface area (Å²) in [5, 5.41) is 5.03. The van der Waals surface area contributed by atoms with E-state index in [2.05, 4.69) is 11.2 Å². The van der Waals surface area contributed by atoms with Crippen LogP contribution in [-0.2, 0) is 11.2 Å². The van der Waals surface area contributed by atoms with Crippen molar-refractivity contribution in [3.05, 3.63) is 46.3 Å². The van der Waals surface area contributed by atoms with Crippen LogP contribution in [0.15, 0.2) is 28.8 Å². The molecule has 0 bridgehead atoms. The molecule has 4 rings (SSSR count). The van der Waals surface area contributed by atoms with Crippen molar-refractivity contribution >= 4 is 27.5 Å². The Morgan fingerprint density at radius 2 is 2.20 bits per heavy atom. The largest absolute Gasteiger partial charge is 0.361 e. The molecule has 1 fully saturated rings. The van der Waals surface area contributed by atoms with Crippen molar-refractivity contribution in [3.8, 4) is 0 Å². The Kier molecular flexibility index (Phi) is 4.29. The lowest BCUT2D eigenvalue weighted by molar-refractivity contribution is -0.132. The lowest BCUT2D eigenvalue weighted by Gasteiger charge is -2.23. The molecular formula is C19H21N3O2S. The SMILES string of the molecule is Cc1noc(C)c1CCC(=O)N1CCCC1c1nc2ccccc2s1. The highest BCUT2D eigenvalue weighted by molar-refractivity contribution is 7.18. The highest BCUT2D eigenvalue weighted by Crippen LogP contribution is 2.36. The van der Waals surface area contributed by atoms with Gasteiger partial charge in [0.05, 0.1) is 22.0 Å². The monoisotopic (exact) mass is 355 g/mol. The van der Waals surface area contributed by atoms with Crippen LogP contribution in [0.5, 0.6) is 0 Å². The molecule has 1 unspecified atom stereocenters. The molecule has 5 nitrogen and oxygen atoms in total. The maximum Gasteiger partial charge on any atom is 0.223 e. The van der Waals surface area contributed by atoms with E-state index >= 15 is 0 Å². The third kappa shape index (κ3) is 3.06. The third-order valence-electron chi connectivity index (χ3n) is 4.94. The van der Waals surface area contributed by atoms with E-state index in [0.717, 1.165) is 46.9 Å². The van der Waals surface area contributed by atoms with Gasteiger partial charge in [-0.1, -0.05) is 17.3 Å². The van der Waals surface area contributed by atoms with Crippen molar-refractivity contribution in [1.82, 2.24) is 15.0 Å². The van der Waals surface area contributed by atoms with Crippen molar-refractivity contribution in [2.24, 2.45) is 0 Å². The minimum absolute atomic E-state index is 0.120. The fraction of sp³-hybridized carbons (Fsp3) is 0.421. The van der Waals surface area contributed by atoms with Gasteiger partial charge in [0.1, 0.15) is 10.8 Å². The number of likely N-dealkylation sites (tertiary alicyclic amines) is 1. The molecule has 1 aliphatic rings. The number of hydrogen-bond acceptors (Lipinski definition) is 5. The van der Waals surface area contributed by atoms with Gasteiger partial charge in [0.2, 0.25) is 5.91 Å². The number of carbonyl (C=O) groups excluding carboxylic acids is 1. The van der Waals surface area contributed by atoms with Crippen LogP contribution in [0.3, 0.4) is 0 Å². The van der Waals surface area contributed by atoms with Gasteiger partial charge in [0.15, 0.2) is 0 Å². The number of benzene rings is 1. The van der Waals surface area contributed by atoms with E-state index in [1.807, 2.05) is 36.9 Å². The minimum atomic E-state index is 0.120. The Bertz CT molecular complexity index is 862. The molecule has 1 saturated heterocycles. The van der Waals surface area contributed by atoms with Crippen molar-refractivity contribution in [2.75, 3.05) is 6.54 Å². The Balaban J connectivity index is 1.49. The molecule has 0 N–H and O–H groups in total. The highest BCUT2D eigenvalue weighted by Gasteiger charge is 2.32. The average molecular weight is 355 g/mol. The van der Waals surface area contributed by atoms with E-state index in [-0.39, 0.29) is 11.9 Å². The van der Waals surface area contributed by atoms with Gasteiger partial charge in [-0.2, -0.15) is 0 Å². The molecule has 0 saturated carbocycles. The summed E-state index contributed by atoms with van der Waals surface area (Å²) >= 11 is 1.71. The number of amides is 1. The second-order valence-corrected chi connectivity index (χ2v) is 7.63. The highest BCUT2D eigenvalue weighted by atomic mass is 32.1. The molecule has 3 heterocycles. The van der Waals surface area contributed by atoms with Crippen molar-refractivity contribution < 1.29 is 9.32 Å². The molecule has 0 radical (unpaired) electrons. The number of hydrogen-bond donors (Lipinski definition) is 0. The van der Waals surface area contributed by atoms with E-state index in [4.69, 9.17) is 9.51 Å². The first kappa shape index (κ1) is 16.3. The normalized spacial score (nSPS) is 17.5. The molecule has 0 spiro atoms. The summed E-state index contributed by atoms with van der Waals surface area (Å²) in [5.74, 6) is 1.01. The Morgan fingerprint density at radius 3 is 2.96 bits per heavy atom. The lowest BCUT2D eigenvalue weighted by Crippen LogP contribution is -2.30. The quantitative estimate of drug-likeness (QED) is 0.704. The smallest absolute Gasteiger partial charge is 0.223 e. The topological polar surface area (TPSA) is 59.2 Å². The molecule has 1 aliphatic heterocycles. The summed E-state index contributed by atoms with van der Waals surface area (Å²) in [7, 11) is 0. The number of rotatable bonds is 4. The molecule has 0 aliphatic carbocycles. The summed E-state index contributed by atoms with van der Waals surface area (Å²) in [5.41, 5.74) is 2.97. The zero-order valence-corrected chi connectivity index (χ0v) is 15.3. The fourth-order valence-corrected chi connectivity index (χ4v) is 4.70. The molecule has 130 valence electrons. The van der Waals surface area contributed by atoms with Gasteiger partial charge >= 0.3 is 0 Å². The van der Waals surface area contributed by atoms with E-state index in [1.54, 1.807) is 11.3 Å². The van der Waals surface area contributed by atoms with E-state index in [9.17, 15) is 4.79 Å². The van der Waals surface area contributed by atoms with Gasteiger partial charge in [-0.15, -0.1) is 11.3 Å². The van der Waals surface area contributed by atoms with Crippen molar-refractivity contribution in [1.29, 1.82) is 0 Å². The van der Waals surface area contributed by atoms with Crippen molar-refractivity contribution in [3.63, 3.8) is 0 Å². The summed E-state index contributed by atoms with van der Waals surface area (Å²) < 4.78 is 6.38. The number of thiazole rings is 1. The standard InChI is InChI=1S/C19H21N3O2S/c1-12-14(13(2)24-21-12)9-10-18(23)22-11-5-7-16(22)19-20-15-6-3-4-8-17(15)25-19/h3-4,6,8,16H,5,7,9-11H2,1-2H3. The van der Waals surface area contributed by atoms with Crippen LogP contribution in [0, 0.1) is 13.8 Å². The summed E-state index contributed by atoms with van der Waals surface area (Å²) in [6, 6.07) is 8.29. The molecule has 6 heteroatoms. The van der Waals surface area contributed by atoms with Crippen LogP contribution in [0.1, 0.15) is 47.3 Å². The number of aromatic nitrogens is 2. The van der Waals surface area contributed by atoms with Gasteiger partial charge in [-0.25, -0.2) is 4.98 Å². The first-order chi connectivity index (χ1) is 12.1. The number of para-hydroxylation sites is 1. The number of nitrogens with zero attached hydrogens (tertiary/aromatic N) is 3. The predicted octanol–water partition coefficient (Wildman–Crippen LogP) is 4.20. The van der Waals surface area contributed by atoms with Crippen LogP contribution in [0.25, 0.3) is 10.2 Å². The predicted molar refractivity (Wildman–Crippen MR) is 97.6 cm³/mol. The maximum absolute atomic E-state index is 12.8. The van der Waals surface area contributed by atoms with E-state index in [1.165, 1.54) is 4.70 Å². The maximum atomic E-state index is 12.8. The molecule has 1 aromatic carbocycles. The summed E-state index contributed by atoms with van der Waals surface area (Å²) in [6.45, 7) is 4.65. The molecule has 2 aromatic heterocycles. The molecule has 25 heavy (non-hydrogen) atoms. The number of fused-ring (bicyclic) bond motifs is 1. The van der Waals surface area contributed by atoms with Gasteiger partial charge in [-0.3, -0.25) is 4.79 Å². The zero-order chi connectivity index (χ0) is 17.4. The van der Waals surface area contributed by atoms with Gasteiger partial charge in [0, 0.05) is 18.5 Å². The number of carbonyl (C=O) groups is 1. The summed E-state index contributed by atoms with van der Waals surface area (Å²) in [6.07, 6.45) is 3.21.